The summed E-state index contributed by atoms with van der Waals surface area (Å²) in [4.78, 5) is 5.17. The second-order valence-corrected chi connectivity index (χ2v) is 10.6. The van der Waals surface area contributed by atoms with Crippen molar-refractivity contribution in [1.82, 2.24) is 0 Å². The van der Waals surface area contributed by atoms with E-state index in [-0.39, 0.29) is 12.1 Å². The van der Waals surface area contributed by atoms with Crippen LogP contribution in [0.2, 0.25) is 0 Å². The van der Waals surface area contributed by atoms with Crippen LogP contribution in [0.4, 0.5) is 11.4 Å². The molecule has 0 radical (unpaired) electrons. The molecule has 42 heavy (non-hydrogen) atoms. The molecule has 0 spiro atoms. The molecule has 2 unspecified atom stereocenters. The van der Waals surface area contributed by atoms with Crippen LogP contribution in [-0.2, 0) is 13.1 Å². The van der Waals surface area contributed by atoms with E-state index in [1.807, 2.05) is 0 Å². The average Bonchev–Trinajstić information content (AvgIpc) is 3.08. The minimum absolute atomic E-state index is 0.000115. The maximum absolute atomic E-state index is 2.59. The molecule has 6 aromatic rings. The number of para-hydroxylation sites is 2. The summed E-state index contributed by atoms with van der Waals surface area (Å²) in [5.41, 5.74) is 7.51. The van der Waals surface area contributed by atoms with Crippen molar-refractivity contribution in [2.75, 3.05) is 9.80 Å². The molecule has 0 heterocycles. The molecule has 2 atom stereocenters. The van der Waals surface area contributed by atoms with Crippen molar-refractivity contribution in [1.29, 1.82) is 0 Å². The summed E-state index contributed by atoms with van der Waals surface area (Å²) in [5, 5.41) is 0. The maximum Gasteiger partial charge on any atom is 0.0791 e. The van der Waals surface area contributed by atoms with Crippen LogP contribution < -0.4 is 9.80 Å². The van der Waals surface area contributed by atoms with Gasteiger partial charge in [-0.2, -0.15) is 0 Å². The zero-order valence-corrected chi connectivity index (χ0v) is 23.8. The zero-order valence-electron chi connectivity index (χ0n) is 23.8. The SMILES string of the molecule is c1ccc(CN(c2ccccc2)C(c2ccccc2)C(c2ccccc2)N(Cc2ccccc2)c2ccccc2)cc1. The molecular weight excluding hydrogens is 508 g/mol. The molecule has 206 valence electrons. The third-order valence-electron chi connectivity index (χ3n) is 7.82. The monoisotopic (exact) mass is 544 g/mol. The standard InChI is InChI=1S/C40H36N2/c1-7-19-33(20-8-1)31-41(37-27-15-5-16-28-37)39(35-23-11-3-12-24-35)40(36-25-13-4-14-26-36)42(38-29-17-6-18-30-38)32-34-21-9-2-10-22-34/h1-30,39-40H,31-32H2. The van der Waals surface area contributed by atoms with Crippen molar-refractivity contribution in [3.63, 3.8) is 0 Å². The number of nitrogens with zero attached hydrogens (tertiary/aromatic N) is 2. The molecule has 0 saturated carbocycles. The van der Waals surface area contributed by atoms with E-state index in [1.165, 1.54) is 33.6 Å². The van der Waals surface area contributed by atoms with Crippen molar-refractivity contribution in [2.45, 2.75) is 25.2 Å². The Morgan fingerprint density at radius 2 is 0.571 bits per heavy atom. The first-order valence-corrected chi connectivity index (χ1v) is 14.7. The number of hydrogen-bond acceptors (Lipinski definition) is 2. The van der Waals surface area contributed by atoms with E-state index in [2.05, 4.69) is 192 Å². The third kappa shape index (κ3) is 6.45. The highest BCUT2D eigenvalue weighted by atomic mass is 15.3. The molecule has 0 amide bonds. The van der Waals surface area contributed by atoms with Crippen molar-refractivity contribution < 1.29 is 0 Å². The van der Waals surface area contributed by atoms with Gasteiger partial charge in [0.15, 0.2) is 0 Å². The first-order valence-electron chi connectivity index (χ1n) is 14.7. The fourth-order valence-corrected chi connectivity index (χ4v) is 5.87. The molecule has 0 aliphatic carbocycles. The van der Waals surface area contributed by atoms with Crippen LogP contribution in [0.25, 0.3) is 0 Å². The van der Waals surface area contributed by atoms with Gasteiger partial charge in [-0.1, -0.05) is 158 Å². The Hall–Kier alpha value is -5.08. The lowest BCUT2D eigenvalue weighted by molar-refractivity contribution is 0.474. The van der Waals surface area contributed by atoms with Gasteiger partial charge in [-0.25, -0.2) is 0 Å². The predicted molar refractivity (Wildman–Crippen MR) is 176 cm³/mol. The molecule has 6 rings (SSSR count). The van der Waals surface area contributed by atoms with Crippen LogP contribution in [0.3, 0.4) is 0 Å². The Labute approximate surface area is 250 Å². The van der Waals surface area contributed by atoms with E-state index < -0.39 is 0 Å². The number of rotatable bonds is 11. The van der Waals surface area contributed by atoms with Crippen LogP contribution in [-0.4, -0.2) is 0 Å². The second kappa shape index (κ2) is 13.5. The zero-order chi connectivity index (χ0) is 28.4. The van der Waals surface area contributed by atoms with Crippen molar-refractivity contribution >= 4 is 11.4 Å². The van der Waals surface area contributed by atoms with Gasteiger partial charge < -0.3 is 9.80 Å². The molecule has 0 N–H and O–H groups in total. The molecule has 2 heteroatoms. The molecule has 0 aliphatic heterocycles. The Balaban J connectivity index is 1.59. The van der Waals surface area contributed by atoms with E-state index in [4.69, 9.17) is 0 Å². The first kappa shape index (κ1) is 27.1. The molecule has 2 nitrogen and oxygen atoms in total. The van der Waals surface area contributed by atoms with Crippen LogP contribution in [0.5, 0.6) is 0 Å². The summed E-state index contributed by atoms with van der Waals surface area (Å²) < 4.78 is 0. The Morgan fingerprint density at radius 3 is 0.881 bits per heavy atom. The molecule has 0 aliphatic rings. The molecule has 0 saturated heterocycles. The quantitative estimate of drug-likeness (QED) is 0.160. The van der Waals surface area contributed by atoms with Crippen molar-refractivity contribution in [3.8, 4) is 0 Å². The molecule has 0 aromatic heterocycles. The normalized spacial score (nSPS) is 12.3. The first-order chi connectivity index (χ1) is 20.9. The van der Waals surface area contributed by atoms with Gasteiger partial charge in [0.25, 0.3) is 0 Å². The Kier molecular flexibility index (Phi) is 8.73. The van der Waals surface area contributed by atoms with Gasteiger partial charge in [-0.3, -0.25) is 0 Å². The number of hydrogen-bond donors (Lipinski definition) is 0. The number of benzene rings is 6. The molecule has 0 fully saturated rings. The lowest BCUT2D eigenvalue weighted by Crippen LogP contribution is -2.41. The Bertz CT molecular complexity index is 1480. The van der Waals surface area contributed by atoms with E-state index >= 15 is 0 Å². The van der Waals surface area contributed by atoms with Gasteiger partial charge in [-0.05, 0) is 46.5 Å². The summed E-state index contributed by atoms with van der Waals surface area (Å²) in [7, 11) is 0. The third-order valence-corrected chi connectivity index (χ3v) is 7.82. The van der Waals surface area contributed by atoms with E-state index in [9.17, 15) is 0 Å². The summed E-state index contributed by atoms with van der Waals surface area (Å²) >= 11 is 0. The lowest BCUT2D eigenvalue weighted by Gasteiger charge is -2.45. The highest BCUT2D eigenvalue weighted by molar-refractivity contribution is 5.56. The van der Waals surface area contributed by atoms with Gasteiger partial charge in [0.05, 0.1) is 12.1 Å². The van der Waals surface area contributed by atoms with Crippen molar-refractivity contribution in [3.05, 3.63) is 204 Å². The maximum atomic E-state index is 2.59. The topological polar surface area (TPSA) is 6.48 Å². The van der Waals surface area contributed by atoms with E-state index in [0.29, 0.717) is 0 Å². The van der Waals surface area contributed by atoms with Gasteiger partial charge >= 0.3 is 0 Å². The fraction of sp³-hybridized carbons (Fsp3) is 0.100. The molecule has 6 aromatic carbocycles. The minimum atomic E-state index is 0.000115. The van der Waals surface area contributed by atoms with Crippen LogP contribution >= 0.6 is 0 Å². The van der Waals surface area contributed by atoms with Crippen LogP contribution in [0, 0.1) is 0 Å². The fourth-order valence-electron chi connectivity index (χ4n) is 5.87. The summed E-state index contributed by atoms with van der Waals surface area (Å²) in [6.45, 7) is 1.56. The van der Waals surface area contributed by atoms with Gasteiger partial charge in [0.2, 0.25) is 0 Å². The summed E-state index contributed by atoms with van der Waals surface area (Å²) in [6.07, 6.45) is 0. The largest absolute Gasteiger partial charge is 0.358 e. The van der Waals surface area contributed by atoms with Crippen molar-refractivity contribution in [2.24, 2.45) is 0 Å². The lowest BCUT2D eigenvalue weighted by atomic mass is 9.89. The molecule has 0 bridgehead atoms. The van der Waals surface area contributed by atoms with Gasteiger partial charge in [-0.15, -0.1) is 0 Å². The minimum Gasteiger partial charge on any atom is -0.358 e. The summed E-state index contributed by atoms with van der Waals surface area (Å²) in [5.74, 6) is 0. The Morgan fingerprint density at radius 1 is 0.310 bits per heavy atom. The van der Waals surface area contributed by atoms with Crippen LogP contribution in [0.1, 0.15) is 34.3 Å². The summed E-state index contributed by atoms with van der Waals surface area (Å²) in [6, 6.07) is 65.4. The molecular formula is C40H36N2. The van der Waals surface area contributed by atoms with Gasteiger partial charge in [0, 0.05) is 24.5 Å². The van der Waals surface area contributed by atoms with E-state index in [1.54, 1.807) is 0 Å². The average molecular weight is 545 g/mol. The highest BCUT2D eigenvalue weighted by Crippen LogP contribution is 2.44. The van der Waals surface area contributed by atoms with Crippen LogP contribution in [0.15, 0.2) is 182 Å². The van der Waals surface area contributed by atoms with Gasteiger partial charge in [0.1, 0.15) is 0 Å². The second-order valence-electron chi connectivity index (χ2n) is 10.6. The van der Waals surface area contributed by atoms with E-state index in [0.717, 1.165) is 13.1 Å². The highest BCUT2D eigenvalue weighted by Gasteiger charge is 2.35. The smallest absolute Gasteiger partial charge is 0.0791 e. The predicted octanol–water partition coefficient (Wildman–Crippen LogP) is 9.88. The number of anilines is 2.